The lowest BCUT2D eigenvalue weighted by molar-refractivity contribution is 0.0600. The van der Waals surface area contributed by atoms with Gasteiger partial charge in [-0.15, -0.1) is 0 Å². The van der Waals surface area contributed by atoms with Crippen molar-refractivity contribution in [3.05, 3.63) is 70.9 Å². The van der Waals surface area contributed by atoms with Crippen molar-refractivity contribution in [2.75, 3.05) is 12.4 Å². The molecule has 0 spiro atoms. The first kappa shape index (κ1) is 16.0. The largest absolute Gasteiger partial charge is 0.465 e. The van der Waals surface area contributed by atoms with Crippen LogP contribution in [0.2, 0.25) is 5.02 Å². The predicted octanol–water partition coefficient (Wildman–Crippen LogP) is 3.93. The number of aromatic nitrogens is 1. The maximum absolute atomic E-state index is 12.6. The third-order valence-corrected chi connectivity index (χ3v) is 3.84. The van der Waals surface area contributed by atoms with E-state index in [0.717, 1.165) is 5.39 Å². The van der Waals surface area contributed by atoms with Gasteiger partial charge in [-0.3, -0.25) is 9.78 Å². The first-order valence-electron chi connectivity index (χ1n) is 7.13. The van der Waals surface area contributed by atoms with Gasteiger partial charge in [0.05, 0.1) is 28.8 Å². The molecule has 1 N–H and O–H groups in total. The number of nitrogens with zero attached hydrogens (tertiary/aromatic N) is 1. The Bertz CT molecular complexity index is 935. The fraction of sp³-hybridized carbons (Fsp3) is 0.0556. The minimum absolute atomic E-state index is 0.188. The molecule has 0 aliphatic carbocycles. The lowest BCUT2D eigenvalue weighted by Crippen LogP contribution is -2.13. The van der Waals surface area contributed by atoms with Crippen molar-refractivity contribution in [2.24, 2.45) is 0 Å². The summed E-state index contributed by atoms with van der Waals surface area (Å²) in [6.45, 7) is 0. The minimum Gasteiger partial charge on any atom is -0.465 e. The van der Waals surface area contributed by atoms with Crippen LogP contribution in [-0.4, -0.2) is 24.0 Å². The smallest absolute Gasteiger partial charge is 0.339 e. The second kappa shape index (κ2) is 6.68. The Labute approximate surface area is 143 Å². The third-order valence-electron chi connectivity index (χ3n) is 3.51. The van der Waals surface area contributed by atoms with E-state index in [4.69, 9.17) is 11.6 Å². The Hall–Kier alpha value is -2.92. The summed E-state index contributed by atoms with van der Waals surface area (Å²) in [5.41, 5.74) is 1.69. The molecule has 1 aromatic heterocycles. The number of hydrogen-bond donors (Lipinski definition) is 1. The van der Waals surface area contributed by atoms with Crippen LogP contribution in [-0.2, 0) is 4.74 Å². The molecule has 0 saturated heterocycles. The van der Waals surface area contributed by atoms with Gasteiger partial charge in [0.15, 0.2) is 0 Å². The number of methoxy groups -OCH3 is 1. The number of anilines is 1. The van der Waals surface area contributed by atoms with E-state index in [9.17, 15) is 9.59 Å². The van der Waals surface area contributed by atoms with Gasteiger partial charge in [-0.25, -0.2) is 4.79 Å². The first-order chi connectivity index (χ1) is 11.6. The monoisotopic (exact) mass is 340 g/mol. The zero-order chi connectivity index (χ0) is 17.1. The van der Waals surface area contributed by atoms with Crippen LogP contribution in [0.25, 0.3) is 10.9 Å². The van der Waals surface area contributed by atoms with E-state index in [1.807, 2.05) is 18.2 Å². The quantitative estimate of drug-likeness (QED) is 0.733. The maximum Gasteiger partial charge on any atom is 0.339 e. The number of fused-ring (bicyclic) bond motifs is 1. The topological polar surface area (TPSA) is 68.3 Å². The fourth-order valence-electron chi connectivity index (χ4n) is 2.36. The molecule has 2 aromatic carbocycles. The van der Waals surface area contributed by atoms with E-state index in [1.54, 1.807) is 24.4 Å². The van der Waals surface area contributed by atoms with Crippen molar-refractivity contribution in [1.82, 2.24) is 4.98 Å². The molecule has 1 amide bonds. The molecular formula is C18H13ClN2O3. The fourth-order valence-corrected chi connectivity index (χ4v) is 2.55. The van der Waals surface area contributed by atoms with Crippen LogP contribution >= 0.6 is 11.6 Å². The van der Waals surface area contributed by atoms with Crippen molar-refractivity contribution < 1.29 is 14.3 Å². The summed E-state index contributed by atoms with van der Waals surface area (Å²) < 4.78 is 4.67. The summed E-state index contributed by atoms with van der Waals surface area (Å²) >= 11 is 5.98. The van der Waals surface area contributed by atoms with Crippen molar-refractivity contribution in [1.29, 1.82) is 0 Å². The Morgan fingerprint density at radius 2 is 1.88 bits per heavy atom. The molecule has 0 aliphatic rings. The lowest BCUT2D eigenvalue weighted by Gasteiger charge is -2.09. The lowest BCUT2D eigenvalue weighted by atomic mass is 10.1. The van der Waals surface area contributed by atoms with E-state index in [1.165, 1.54) is 19.2 Å². The Morgan fingerprint density at radius 1 is 1.08 bits per heavy atom. The number of amides is 1. The standard InChI is InChI=1S/C18H13ClN2O3/c1-24-18(23)14-10-12(7-8-15(14)19)21-17(22)13-6-2-4-11-5-3-9-20-16(11)13/h2-10H,1H3,(H,21,22). The minimum atomic E-state index is -0.567. The number of nitrogens with one attached hydrogen (secondary N) is 1. The van der Waals surface area contributed by atoms with Crippen molar-refractivity contribution >= 4 is 40.1 Å². The number of rotatable bonds is 3. The second-order valence-electron chi connectivity index (χ2n) is 5.02. The molecule has 3 aromatic rings. The molecule has 3 rings (SSSR count). The maximum atomic E-state index is 12.6. The van der Waals surface area contributed by atoms with Crippen LogP contribution < -0.4 is 5.32 Å². The Kier molecular flexibility index (Phi) is 4.44. The molecule has 0 unspecified atom stereocenters. The molecule has 6 heteroatoms. The number of para-hydroxylation sites is 1. The van der Waals surface area contributed by atoms with Gasteiger partial charge in [0.2, 0.25) is 0 Å². The third kappa shape index (κ3) is 3.07. The van der Waals surface area contributed by atoms with Gasteiger partial charge in [0.25, 0.3) is 5.91 Å². The van der Waals surface area contributed by atoms with E-state index >= 15 is 0 Å². The number of pyridine rings is 1. The van der Waals surface area contributed by atoms with E-state index < -0.39 is 5.97 Å². The highest BCUT2D eigenvalue weighted by molar-refractivity contribution is 6.33. The van der Waals surface area contributed by atoms with Crippen LogP contribution in [0, 0.1) is 0 Å². The molecule has 5 nitrogen and oxygen atoms in total. The summed E-state index contributed by atoms with van der Waals surface area (Å²) in [5, 5.41) is 3.88. The SMILES string of the molecule is COC(=O)c1cc(NC(=O)c2cccc3cccnc23)ccc1Cl. The summed E-state index contributed by atoms with van der Waals surface area (Å²) in [6, 6.07) is 13.7. The number of carbonyl (C=O) groups excluding carboxylic acids is 2. The van der Waals surface area contributed by atoms with Gasteiger partial charge in [0, 0.05) is 17.3 Å². The number of carbonyl (C=O) groups is 2. The zero-order valence-electron chi connectivity index (χ0n) is 12.7. The van der Waals surface area contributed by atoms with Crippen molar-refractivity contribution in [2.45, 2.75) is 0 Å². The molecule has 120 valence electrons. The molecule has 0 aliphatic heterocycles. The Morgan fingerprint density at radius 3 is 2.67 bits per heavy atom. The average Bonchev–Trinajstić information content (AvgIpc) is 2.62. The summed E-state index contributed by atoms with van der Waals surface area (Å²) in [4.78, 5) is 28.5. The Balaban J connectivity index is 1.93. The molecule has 24 heavy (non-hydrogen) atoms. The number of benzene rings is 2. The van der Waals surface area contributed by atoms with Gasteiger partial charge < -0.3 is 10.1 Å². The summed E-state index contributed by atoms with van der Waals surface area (Å²) in [7, 11) is 1.27. The summed E-state index contributed by atoms with van der Waals surface area (Å²) in [6.07, 6.45) is 1.64. The van der Waals surface area contributed by atoms with Crippen molar-refractivity contribution in [3.63, 3.8) is 0 Å². The van der Waals surface area contributed by atoms with Gasteiger partial charge in [-0.1, -0.05) is 29.8 Å². The van der Waals surface area contributed by atoms with Gasteiger partial charge in [-0.05, 0) is 30.3 Å². The number of halogens is 1. The normalized spacial score (nSPS) is 10.4. The molecular weight excluding hydrogens is 328 g/mol. The van der Waals surface area contributed by atoms with Crippen LogP contribution in [0.15, 0.2) is 54.7 Å². The highest BCUT2D eigenvalue weighted by Gasteiger charge is 2.15. The predicted molar refractivity (Wildman–Crippen MR) is 92.5 cm³/mol. The number of hydrogen-bond acceptors (Lipinski definition) is 4. The van der Waals surface area contributed by atoms with E-state index in [-0.39, 0.29) is 16.5 Å². The van der Waals surface area contributed by atoms with Gasteiger partial charge in [-0.2, -0.15) is 0 Å². The average molecular weight is 341 g/mol. The van der Waals surface area contributed by atoms with Crippen LogP contribution in [0.1, 0.15) is 20.7 Å². The highest BCUT2D eigenvalue weighted by Crippen LogP contribution is 2.23. The molecule has 0 saturated carbocycles. The van der Waals surface area contributed by atoms with Crippen molar-refractivity contribution in [3.8, 4) is 0 Å². The van der Waals surface area contributed by atoms with E-state index in [2.05, 4.69) is 15.0 Å². The van der Waals surface area contributed by atoms with Gasteiger partial charge in [0.1, 0.15) is 0 Å². The number of esters is 1. The number of ether oxygens (including phenoxy) is 1. The second-order valence-corrected chi connectivity index (χ2v) is 5.43. The molecule has 0 fully saturated rings. The molecule has 0 atom stereocenters. The zero-order valence-corrected chi connectivity index (χ0v) is 13.5. The van der Waals surface area contributed by atoms with Crippen LogP contribution in [0.4, 0.5) is 5.69 Å². The van der Waals surface area contributed by atoms with E-state index in [0.29, 0.717) is 16.8 Å². The molecule has 0 bridgehead atoms. The van der Waals surface area contributed by atoms with Gasteiger partial charge >= 0.3 is 5.97 Å². The molecule has 1 heterocycles. The highest BCUT2D eigenvalue weighted by atomic mass is 35.5. The first-order valence-corrected chi connectivity index (χ1v) is 7.51. The van der Waals surface area contributed by atoms with Crippen LogP contribution in [0.3, 0.4) is 0 Å². The van der Waals surface area contributed by atoms with Crippen LogP contribution in [0.5, 0.6) is 0 Å². The molecule has 0 radical (unpaired) electrons. The summed E-state index contributed by atoms with van der Waals surface area (Å²) in [5.74, 6) is -0.889.